The smallest absolute Gasteiger partial charge is 0.453 e. The summed E-state index contributed by atoms with van der Waals surface area (Å²) in [4.78, 5) is 15.3. The van der Waals surface area contributed by atoms with Gasteiger partial charge in [-0.3, -0.25) is 0 Å². The molecule has 0 unspecified atom stereocenters. The highest BCUT2D eigenvalue weighted by molar-refractivity contribution is 5.10. The molecule has 0 amide bonds. The molecular formula is C8H6N6O. The van der Waals surface area contributed by atoms with E-state index < -0.39 is 0 Å². The molecule has 0 aliphatic rings. The third kappa shape index (κ3) is 2.27. The van der Waals surface area contributed by atoms with Crippen LogP contribution in [0.1, 0.15) is 0 Å². The van der Waals surface area contributed by atoms with Crippen molar-refractivity contribution in [1.82, 2.24) is 19.9 Å². The summed E-state index contributed by atoms with van der Waals surface area (Å²) in [5.74, 6) is 0.0184. The third-order valence-electron chi connectivity index (χ3n) is 1.46. The van der Waals surface area contributed by atoms with Crippen LogP contribution in [0.25, 0.3) is 0 Å². The Balaban J connectivity index is 2.29. The lowest BCUT2D eigenvalue weighted by Gasteiger charge is -2.00. The molecule has 0 fully saturated rings. The van der Waals surface area contributed by atoms with Crippen LogP contribution >= 0.6 is 0 Å². The van der Waals surface area contributed by atoms with Gasteiger partial charge in [-0.2, -0.15) is 0 Å². The normalized spacial score (nSPS) is 11.3. The Bertz CT molecular complexity index is 457. The molecule has 0 saturated heterocycles. The van der Waals surface area contributed by atoms with Gasteiger partial charge in [0.1, 0.15) is 12.4 Å². The molecule has 2 aromatic rings. The minimum Gasteiger partial charge on any atom is -0.721 e. The fourth-order valence-electron chi connectivity index (χ4n) is 0.859. The number of hydrogen-bond donors (Lipinski definition) is 0. The van der Waals surface area contributed by atoms with Crippen molar-refractivity contribution in [3.8, 4) is 0 Å². The molecule has 15 heavy (non-hydrogen) atoms. The molecule has 0 aliphatic heterocycles. The van der Waals surface area contributed by atoms with Gasteiger partial charge in [0, 0.05) is 18.5 Å². The summed E-state index contributed by atoms with van der Waals surface area (Å²) in [6, 6.07) is 3.24. The van der Waals surface area contributed by atoms with Gasteiger partial charge in [0.05, 0.1) is 0 Å². The lowest BCUT2D eigenvalue weighted by molar-refractivity contribution is -0.444. The molecule has 0 spiro atoms. The van der Waals surface area contributed by atoms with Gasteiger partial charge < -0.3 is 5.21 Å². The molecule has 0 radical (unpaired) electrons. The van der Waals surface area contributed by atoms with Gasteiger partial charge in [0.15, 0.2) is 0 Å². The van der Waals surface area contributed by atoms with E-state index in [2.05, 4.69) is 25.1 Å². The minimum atomic E-state index is -0.0510. The summed E-state index contributed by atoms with van der Waals surface area (Å²) in [5, 5.41) is 14.9. The van der Waals surface area contributed by atoms with Crippen molar-refractivity contribution in [2.75, 3.05) is 0 Å². The molecule has 2 aromatic heterocycles. The van der Waals surface area contributed by atoms with E-state index in [1.165, 1.54) is 24.8 Å². The Labute approximate surface area is 84.8 Å². The third-order valence-corrected chi connectivity index (χ3v) is 1.46. The Hall–Kier alpha value is -2.44. The molecule has 0 bridgehead atoms. The Kier molecular flexibility index (Phi) is 2.54. The van der Waals surface area contributed by atoms with E-state index in [4.69, 9.17) is 0 Å². The Morgan fingerprint density at radius 3 is 2.07 bits per heavy atom. The van der Waals surface area contributed by atoms with Crippen LogP contribution in [-0.4, -0.2) is 24.8 Å². The maximum atomic E-state index is 11.4. The minimum absolute atomic E-state index is 0.0510. The van der Waals surface area contributed by atoms with E-state index in [1.807, 2.05) is 0 Å². The van der Waals surface area contributed by atoms with E-state index in [0.29, 0.717) is 0 Å². The SMILES string of the molecule is [O-]/[N+](=N\c1ncccn1)c1ncccn1. The molecule has 2 rings (SSSR count). The second-order valence-corrected chi connectivity index (χ2v) is 2.47. The first-order valence-corrected chi connectivity index (χ1v) is 4.09. The van der Waals surface area contributed by atoms with Crippen molar-refractivity contribution in [2.45, 2.75) is 0 Å². The number of azo groups is 1. The molecule has 7 nitrogen and oxygen atoms in total. The standard InChI is InChI=1S/C8H6N6O/c15-14(8-11-5-2-6-12-8)13-7-9-3-1-4-10-7/h1-6H/b14-13-. The Morgan fingerprint density at radius 2 is 1.47 bits per heavy atom. The summed E-state index contributed by atoms with van der Waals surface area (Å²) < 4.78 is 0. The highest BCUT2D eigenvalue weighted by Crippen LogP contribution is 2.06. The molecule has 0 aromatic carbocycles. The highest BCUT2D eigenvalue weighted by atomic mass is 16.5. The summed E-state index contributed by atoms with van der Waals surface area (Å²) in [6.07, 6.45) is 5.89. The average molecular weight is 202 g/mol. The van der Waals surface area contributed by atoms with Gasteiger partial charge in [0.2, 0.25) is 0 Å². The van der Waals surface area contributed by atoms with E-state index in [9.17, 15) is 5.21 Å². The van der Waals surface area contributed by atoms with Crippen LogP contribution in [0, 0.1) is 5.21 Å². The van der Waals surface area contributed by atoms with Crippen LogP contribution in [0.3, 0.4) is 0 Å². The van der Waals surface area contributed by atoms with Gasteiger partial charge >= 0.3 is 5.95 Å². The van der Waals surface area contributed by atoms with Crippen LogP contribution in [-0.2, 0) is 0 Å². The number of rotatable bonds is 2. The number of aromatic nitrogens is 4. The zero-order valence-corrected chi connectivity index (χ0v) is 7.56. The maximum absolute atomic E-state index is 11.4. The maximum Gasteiger partial charge on any atom is 0.453 e. The second-order valence-electron chi connectivity index (χ2n) is 2.47. The molecular weight excluding hydrogens is 196 g/mol. The van der Waals surface area contributed by atoms with Crippen LogP contribution < -0.4 is 0 Å². The molecule has 0 aliphatic carbocycles. The number of nitrogens with zero attached hydrogens (tertiary/aromatic N) is 6. The first-order chi connectivity index (χ1) is 7.36. The van der Waals surface area contributed by atoms with E-state index in [1.54, 1.807) is 12.1 Å². The van der Waals surface area contributed by atoms with Gasteiger partial charge in [0.25, 0.3) is 5.95 Å². The highest BCUT2D eigenvalue weighted by Gasteiger charge is 2.04. The van der Waals surface area contributed by atoms with E-state index in [0.717, 1.165) is 0 Å². The van der Waals surface area contributed by atoms with E-state index >= 15 is 0 Å². The van der Waals surface area contributed by atoms with E-state index in [-0.39, 0.29) is 16.8 Å². The molecule has 74 valence electrons. The molecule has 0 atom stereocenters. The second kappa shape index (κ2) is 4.18. The van der Waals surface area contributed by atoms with Crippen molar-refractivity contribution in [1.29, 1.82) is 0 Å². The molecule has 2 heterocycles. The molecule has 0 N–H and O–H groups in total. The fraction of sp³-hybridized carbons (Fsp3) is 0. The zero-order valence-electron chi connectivity index (χ0n) is 7.56. The van der Waals surface area contributed by atoms with Crippen molar-refractivity contribution in [2.24, 2.45) is 5.11 Å². The summed E-state index contributed by atoms with van der Waals surface area (Å²) in [7, 11) is 0. The summed E-state index contributed by atoms with van der Waals surface area (Å²) in [6.45, 7) is 0. The first kappa shape index (κ1) is 9.13. The topological polar surface area (TPSA) is 90.0 Å². The largest absolute Gasteiger partial charge is 0.721 e. The molecule has 0 saturated carbocycles. The van der Waals surface area contributed by atoms with Gasteiger partial charge in [-0.15, -0.1) is 4.86 Å². The van der Waals surface area contributed by atoms with Crippen molar-refractivity contribution >= 4 is 11.9 Å². The monoisotopic (exact) mass is 202 g/mol. The van der Waals surface area contributed by atoms with Crippen LogP contribution in [0.5, 0.6) is 0 Å². The average Bonchev–Trinajstić information content (AvgIpc) is 2.31. The van der Waals surface area contributed by atoms with Crippen molar-refractivity contribution < 1.29 is 4.86 Å². The van der Waals surface area contributed by atoms with Crippen LogP contribution in [0.4, 0.5) is 11.9 Å². The summed E-state index contributed by atoms with van der Waals surface area (Å²) in [5.41, 5.74) is 0. The fourth-order valence-corrected chi connectivity index (χ4v) is 0.859. The van der Waals surface area contributed by atoms with Gasteiger partial charge in [-0.05, 0) is 6.07 Å². The Morgan fingerprint density at radius 1 is 0.933 bits per heavy atom. The van der Waals surface area contributed by atoms with Crippen LogP contribution in [0.2, 0.25) is 0 Å². The lowest BCUT2D eigenvalue weighted by atomic mass is 10.7. The summed E-state index contributed by atoms with van der Waals surface area (Å²) >= 11 is 0. The molecule has 7 heteroatoms. The predicted octanol–water partition coefficient (Wildman–Crippen LogP) is 1.19. The van der Waals surface area contributed by atoms with Crippen molar-refractivity contribution in [3.05, 3.63) is 42.1 Å². The van der Waals surface area contributed by atoms with Crippen LogP contribution in [0.15, 0.2) is 42.0 Å². The predicted molar refractivity (Wildman–Crippen MR) is 49.4 cm³/mol. The van der Waals surface area contributed by atoms with Gasteiger partial charge in [-0.1, -0.05) is 15.1 Å². The van der Waals surface area contributed by atoms with Crippen molar-refractivity contribution in [3.63, 3.8) is 0 Å². The number of hydrogen-bond acceptors (Lipinski definition) is 6. The van der Waals surface area contributed by atoms with Gasteiger partial charge in [-0.25, -0.2) is 9.97 Å². The lowest BCUT2D eigenvalue weighted by Crippen LogP contribution is -1.96. The zero-order chi connectivity index (χ0) is 10.5. The first-order valence-electron chi connectivity index (χ1n) is 4.09. The quantitative estimate of drug-likeness (QED) is 0.414.